The molecule has 1 aliphatic rings. The first kappa shape index (κ1) is 20.4. The van der Waals surface area contributed by atoms with E-state index in [9.17, 15) is 0 Å². The molecule has 0 unspecified atom stereocenters. The quantitative estimate of drug-likeness (QED) is 0.435. The molecule has 152 valence electrons. The van der Waals surface area contributed by atoms with Gasteiger partial charge in [-0.15, -0.1) is 10.2 Å². The van der Waals surface area contributed by atoms with Crippen molar-refractivity contribution in [2.24, 2.45) is 12.0 Å². The molecule has 1 saturated carbocycles. The summed E-state index contributed by atoms with van der Waals surface area (Å²) in [6.07, 6.45) is 7.13. The monoisotopic (exact) mass is 382 g/mol. The Morgan fingerprint density at radius 2 is 1.89 bits per heavy atom. The maximum absolute atomic E-state index is 4.78. The third-order valence-electron chi connectivity index (χ3n) is 5.72. The molecule has 2 aromatic rings. The Morgan fingerprint density at radius 1 is 1.14 bits per heavy atom. The van der Waals surface area contributed by atoms with E-state index in [1.54, 1.807) is 0 Å². The van der Waals surface area contributed by atoms with E-state index in [1.807, 2.05) is 18.5 Å². The maximum atomic E-state index is 4.78. The lowest BCUT2D eigenvalue weighted by Crippen LogP contribution is -2.45. The molecule has 0 spiro atoms. The predicted octanol–water partition coefficient (Wildman–Crippen LogP) is 3.69. The smallest absolute Gasteiger partial charge is 0.191 e. The van der Waals surface area contributed by atoms with Gasteiger partial charge < -0.3 is 15.2 Å². The van der Waals surface area contributed by atoms with Crippen LogP contribution in [0.1, 0.15) is 68.6 Å². The standard InChI is InChI=1S/C22H34N6/c1-4-5-15-23-22(24-16-21-27-26-17(2)28(21)3)25-20-13-11-19(12-14-20)18-9-7-6-8-10-18/h6-10,19-20H,4-5,11-16H2,1-3H3,(H2,23,24,25). The van der Waals surface area contributed by atoms with Gasteiger partial charge in [-0.2, -0.15) is 0 Å². The van der Waals surface area contributed by atoms with E-state index >= 15 is 0 Å². The molecule has 0 saturated heterocycles. The molecule has 0 atom stereocenters. The van der Waals surface area contributed by atoms with Crippen LogP contribution in [0.2, 0.25) is 0 Å². The van der Waals surface area contributed by atoms with Crippen molar-refractivity contribution in [1.82, 2.24) is 25.4 Å². The molecular weight excluding hydrogens is 348 g/mol. The van der Waals surface area contributed by atoms with E-state index in [4.69, 9.17) is 4.99 Å². The van der Waals surface area contributed by atoms with E-state index < -0.39 is 0 Å². The zero-order valence-electron chi connectivity index (χ0n) is 17.5. The minimum atomic E-state index is 0.481. The van der Waals surface area contributed by atoms with E-state index in [1.165, 1.54) is 37.7 Å². The fourth-order valence-corrected chi connectivity index (χ4v) is 3.76. The lowest BCUT2D eigenvalue weighted by atomic mass is 9.82. The van der Waals surface area contributed by atoms with E-state index in [-0.39, 0.29) is 0 Å². The number of guanidine groups is 1. The molecule has 28 heavy (non-hydrogen) atoms. The van der Waals surface area contributed by atoms with Gasteiger partial charge in [0.1, 0.15) is 12.4 Å². The van der Waals surface area contributed by atoms with Crippen LogP contribution in [0.3, 0.4) is 0 Å². The summed E-state index contributed by atoms with van der Waals surface area (Å²) >= 11 is 0. The van der Waals surface area contributed by atoms with E-state index in [0.29, 0.717) is 18.5 Å². The minimum absolute atomic E-state index is 0.481. The molecule has 1 fully saturated rings. The number of hydrogen-bond donors (Lipinski definition) is 2. The highest BCUT2D eigenvalue weighted by molar-refractivity contribution is 5.80. The molecule has 0 bridgehead atoms. The van der Waals surface area contributed by atoms with Crippen molar-refractivity contribution in [1.29, 1.82) is 0 Å². The molecular formula is C22H34N6. The second-order valence-electron chi connectivity index (χ2n) is 7.77. The van der Waals surface area contributed by atoms with E-state index in [2.05, 4.69) is 58.1 Å². The van der Waals surface area contributed by atoms with Crippen molar-refractivity contribution in [3.05, 3.63) is 47.5 Å². The summed E-state index contributed by atoms with van der Waals surface area (Å²) in [5, 5.41) is 15.5. The van der Waals surface area contributed by atoms with Gasteiger partial charge in [0, 0.05) is 19.6 Å². The number of benzene rings is 1. The first-order chi connectivity index (χ1) is 13.7. The van der Waals surface area contributed by atoms with Crippen LogP contribution in [-0.2, 0) is 13.6 Å². The maximum Gasteiger partial charge on any atom is 0.191 e. The minimum Gasteiger partial charge on any atom is -0.356 e. The Hall–Kier alpha value is -2.37. The Morgan fingerprint density at radius 3 is 2.54 bits per heavy atom. The molecule has 3 rings (SSSR count). The molecule has 1 aromatic heterocycles. The van der Waals surface area contributed by atoms with Crippen LogP contribution in [0.5, 0.6) is 0 Å². The van der Waals surface area contributed by atoms with Gasteiger partial charge in [0.15, 0.2) is 11.8 Å². The van der Waals surface area contributed by atoms with Crippen LogP contribution in [0, 0.1) is 6.92 Å². The molecule has 1 aromatic carbocycles. The van der Waals surface area contributed by atoms with Crippen LogP contribution in [-0.4, -0.2) is 33.3 Å². The number of rotatable bonds is 7. The number of aryl methyl sites for hydroxylation is 1. The average Bonchev–Trinajstić information content (AvgIpc) is 3.05. The van der Waals surface area contributed by atoms with Gasteiger partial charge in [0.05, 0.1) is 0 Å². The Kier molecular flexibility index (Phi) is 7.46. The largest absolute Gasteiger partial charge is 0.356 e. The molecule has 1 heterocycles. The summed E-state index contributed by atoms with van der Waals surface area (Å²) in [5.41, 5.74) is 1.48. The fraction of sp³-hybridized carbons (Fsp3) is 0.591. The summed E-state index contributed by atoms with van der Waals surface area (Å²) in [6, 6.07) is 11.4. The number of aliphatic imine (C=N–C) groups is 1. The highest BCUT2D eigenvalue weighted by atomic mass is 15.3. The Balaban J connectivity index is 1.56. The van der Waals surface area contributed by atoms with Crippen molar-refractivity contribution in [2.45, 2.75) is 70.9 Å². The molecule has 1 aliphatic carbocycles. The SMILES string of the molecule is CCCCNC(=NCc1nnc(C)n1C)NC1CCC(c2ccccc2)CC1. The molecule has 6 heteroatoms. The van der Waals surface area contributed by atoms with Gasteiger partial charge in [-0.05, 0) is 50.5 Å². The number of nitrogens with zero attached hydrogens (tertiary/aromatic N) is 4. The zero-order valence-corrected chi connectivity index (χ0v) is 17.5. The van der Waals surface area contributed by atoms with Gasteiger partial charge in [-0.1, -0.05) is 43.7 Å². The summed E-state index contributed by atoms with van der Waals surface area (Å²) in [4.78, 5) is 4.78. The third-order valence-corrected chi connectivity index (χ3v) is 5.72. The molecule has 2 N–H and O–H groups in total. The highest BCUT2D eigenvalue weighted by Crippen LogP contribution is 2.32. The fourth-order valence-electron chi connectivity index (χ4n) is 3.76. The molecule has 0 aliphatic heterocycles. The first-order valence-electron chi connectivity index (χ1n) is 10.6. The van der Waals surface area contributed by atoms with Crippen LogP contribution in [0.25, 0.3) is 0 Å². The van der Waals surface area contributed by atoms with Gasteiger partial charge in [0.2, 0.25) is 0 Å². The summed E-state index contributed by atoms with van der Waals surface area (Å²) in [6.45, 7) is 5.65. The summed E-state index contributed by atoms with van der Waals surface area (Å²) in [7, 11) is 1.99. The van der Waals surface area contributed by atoms with Gasteiger partial charge in [0.25, 0.3) is 0 Å². The molecule has 6 nitrogen and oxygen atoms in total. The van der Waals surface area contributed by atoms with Crippen LogP contribution >= 0.6 is 0 Å². The lowest BCUT2D eigenvalue weighted by Gasteiger charge is -2.30. The van der Waals surface area contributed by atoms with Crippen LogP contribution in [0.4, 0.5) is 0 Å². The number of hydrogen-bond acceptors (Lipinski definition) is 3. The van der Waals surface area contributed by atoms with Crippen molar-refractivity contribution in [3.8, 4) is 0 Å². The highest BCUT2D eigenvalue weighted by Gasteiger charge is 2.23. The van der Waals surface area contributed by atoms with Crippen molar-refractivity contribution >= 4 is 5.96 Å². The second kappa shape index (κ2) is 10.2. The molecule has 0 radical (unpaired) electrons. The summed E-state index contributed by atoms with van der Waals surface area (Å²) < 4.78 is 2.00. The average molecular weight is 383 g/mol. The lowest BCUT2D eigenvalue weighted by molar-refractivity contribution is 0.371. The second-order valence-corrected chi connectivity index (χ2v) is 7.77. The summed E-state index contributed by atoms with van der Waals surface area (Å²) in [5.74, 6) is 3.39. The van der Waals surface area contributed by atoms with Gasteiger partial charge in [-0.25, -0.2) is 4.99 Å². The number of nitrogens with one attached hydrogen (secondary N) is 2. The van der Waals surface area contributed by atoms with Gasteiger partial charge in [-0.3, -0.25) is 0 Å². The third kappa shape index (κ3) is 5.57. The van der Waals surface area contributed by atoms with Crippen LogP contribution < -0.4 is 10.6 Å². The Bertz CT molecular complexity index is 744. The Labute approximate surface area is 168 Å². The van der Waals surface area contributed by atoms with E-state index in [0.717, 1.165) is 30.6 Å². The normalized spacial score (nSPS) is 20.2. The predicted molar refractivity (Wildman–Crippen MR) is 114 cm³/mol. The first-order valence-corrected chi connectivity index (χ1v) is 10.6. The molecule has 0 amide bonds. The number of unbranched alkanes of at least 4 members (excludes halogenated alkanes) is 1. The van der Waals surface area contributed by atoms with Gasteiger partial charge >= 0.3 is 0 Å². The zero-order chi connectivity index (χ0) is 19.8. The number of aromatic nitrogens is 3. The van der Waals surface area contributed by atoms with Crippen molar-refractivity contribution in [2.75, 3.05) is 6.54 Å². The topological polar surface area (TPSA) is 67.1 Å². The van der Waals surface area contributed by atoms with Crippen molar-refractivity contribution in [3.63, 3.8) is 0 Å². The van der Waals surface area contributed by atoms with Crippen LogP contribution in [0.15, 0.2) is 35.3 Å². The van der Waals surface area contributed by atoms with Crippen molar-refractivity contribution < 1.29 is 0 Å².